The number of benzene rings is 3. The largest absolute Gasteiger partial charge is 0.497 e. The first-order valence-electron chi connectivity index (χ1n) is 12.5. The van der Waals surface area contributed by atoms with Gasteiger partial charge in [0.15, 0.2) is 12.1 Å². The molecule has 5 rings (SSSR count). The van der Waals surface area contributed by atoms with Crippen molar-refractivity contribution in [1.29, 1.82) is 0 Å². The van der Waals surface area contributed by atoms with Crippen LogP contribution in [0.2, 0.25) is 0 Å². The number of ether oxygens (including phenoxy) is 2. The standard InChI is InChI=1S/C29H28FN3O5/c1-37-24-13-9-20(10-14-24)27(34)31-23-6-4-5-21(17-23)26-25(28(35)32-15-2-3-16-32)33(29(36)38-26)18-19-7-11-22(30)12-8-19/h4-14,17,25-26H,2-3,15-16,18H2,1H3,(H,31,34). The molecule has 0 aliphatic carbocycles. The van der Waals surface area contributed by atoms with E-state index in [-0.39, 0.29) is 24.2 Å². The molecule has 1 N–H and O–H groups in total. The maximum atomic E-state index is 13.6. The zero-order chi connectivity index (χ0) is 26.6. The van der Waals surface area contributed by atoms with E-state index < -0.39 is 18.2 Å². The number of likely N-dealkylation sites (tertiary alicyclic amines) is 1. The van der Waals surface area contributed by atoms with Gasteiger partial charge in [0.05, 0.1) is 13.7 Å². The summed E-state index contributed by atoms with van der Waals surface area (Å²) >= 11 is 0. The number of hydrogen-bond donors (Lipinski definition) is 1. The smallest absolute Gasteiger partial charge is 0.411 e. The third kappa shape index (κ3) is 5.32. The molecule has 2 heterocycles. The first-order valence-corrected chi connectivity index (χ1v) is 12.5. The van der Waals surface area contributed by atoms with E-state index in [1.165, 1.54) is 17.0 Å². The SMILES string of the molecule is COc1ccc(C(=O)Nc2cccc(C3OC(=O)N(Cc4ccc(F)cc4)C3C(=O)N3CCCC3)c2)cc1. The van der Waals surface area contributed by atoms with Crippen molar-refractivity contribution >= 4 is 23.6 Å². The van der Waals surface area contributed by atoms with Crippen LogP contribution in [-0.4, -0.2) is 53.9 Å². The second-order valence-corrected chi connectivity index (χ2v) is 9.34. The maximum Gasteiger partial charge on any atom is 0.411 e. The van der Waals surface area contributed by atoms with E-state index in [0.29, 0.717) is 41.2 Å². The number of nitrogens with zero attached hydrogens (tertiary/aromatic N) is 2. The van der Waals surface area contributed by atoms with Crippen molar-refractivity contribution in [3.05, 3.63) is 95.3 Å². The van der Waals surface area contributed by atoms with Crippen molar-refractivity contribution in [3.63, 3.8) is 0 Å². The molecule has 2 fully saturated rings. The minimum absolute atomic E-state index is 0.105. The molecular formula is C29H28FN3O5. The summed E-state index contributed by atoms with van der Waals surface area (Å²) < 4.78 is 24.3. The Labute approximate surface area is 219 Å². The van der Waals surface area contributed by atoms with Gasteiger partial charge in [0, 0.05) is 24.3 Å². The van der Waals surface area contributed by atoms with E-state index >= 15 is 0 Å². The summed E-state index contributed by atoms with van der Waals surface area (Å²) in [5.74, 6) is -0.233. The summed E-state index contributed by atoms with van der Waals surface area (Å²) in [4.78, 5) is 42.6. The van der Waals surface area contributed by atoms with Crippen LogP contribution in [0.5, 0.6) is 5.75 Å². The normalized spacial score (nSPS) is 18.8. The Kier molecular flexibility index (Phi) is 7.26. The number of nitrogens with one attached hydrogen (secondary N) is 1. The molecule has 0 bridgehead atoms. The average Bonchev–Trinajstić information content (AvgIpc) is 3.59. The number of cyclic esters (lactones) is 1. The molecule has 9 heteroatoms. The third-order valence-corrected chi connectivity index (χ3v) is 6.85. The molecule has 38 heavy (non-hydrogen) atoms. The van der Waals surface area contributed by atoms with Crippen molar-refractivity contribution in [2.75, 3.05) is 25.5 Å². The van der Waals surface area contributed by atoms with Crippen molar-refractivity contribution in [2.24, 2.45) is 0 Å². The van der Waals surface area contributed by atoms with Gasteiger partial charge in [-0.3, -0.25) is 14.5 Å². The van der Waals surface area contributed by atoms with E-state index in [0.717, 1.165) is 12.8 Å². The van der Waals surface area contributed by atoms with Crippen LogP contribution in [0.4, 0.5) is 14.9 Å². The molecule has 0 radical (unpaired) electrons. The lowest BCUT2D eigenvalue weighted by Crippen LogP contribution is -2.47. The fraction of sp³-hybridized carbons (Fsp3) is 0.276. The van der Waals surface area contributed by atoms with Crippen LogP contribution < -0.4 is 10.1 Å². The van der Waals surface area contributed by atoms with Crippen LogP contribution in [0, 0.1) is 5.82 Å². The highest BCUT2D eigenvalue weighted by molar-refractivity contribution is 6.04. The first-order chi connectivity index (χ1) is 18.4. The van der Waals surface area contributed by atoms with Crippen molar-refractivity contribution < 1.29 is 28.2 Å². The average molecular weight is 518 g/mol. The molecule has 2 unspecified atom stereocenters. The van der Waals surface area contributed by atoms with Crippen molar-refractivity contribution in [3.8, 4) is 5.75 Å². The summed E-state index contributed by atoms with van der Waals surface area (Å²) in [6.07, 6.45) is 0.323. The number of halogens is 1. The monoisotopic (exact) mass is 517 g/mol. The quantitative estimate of drug-likeness (QED) is 0.488. The Hall–Kier alpha value is -4.40. The molecule has 196 valence electrons. The van der Waals surface area contributed by atoms with Gasteiger partial charge in [-0.1, -0.05) is 24.3 Å². The summed E-state index contributed by atoms with van der Waals surface area (Å²) in [5.41, 5.74) is 2.23. The number of amides is 3. The Morgan fingerprint density at radius 3 is 2.42 bits per heavy atom. The van der Waals surface area contributed by atoms with Gasteiger partial charge in [0.25, 0.3) is 5.91 Å². The molecule has 3 aromatic carbocycles. The van der Waals surface area contributed by atoms with Crippen LogP contribution in [0.3, 0.4) is 0 Å². The molecule has 0 saturated carbocycles. The van der Waals surface area contributed by atoms with Gasteiger partial charge in [-0.15, -0.1) is 0 Å². The Morgan fingerprint density at radius 1 is 1.03 bits per heavy atom. The maximum absolute atomic E-state index is 13.6. The minimum Gasteiger partial charge on any atom is -0.497 e. The lowest BCUT2D eigenvalue weighted by atomic mass is 9.99. The molecule has 3 amide bonds. The van der Waals surface area contributed by atoms with Crippen LogP contribution in [0.15, 0.2) is 72.8 Å². The number of anilines is 1. The first kappa shape index (κ1) is 25.3. The summed E-state index contributed by atoms with van der Waals surface area (Å²) in [6.45, 7) is 1.35. The van der Waals surface area contributed by atoms with Crippen LogP contribution in [-0.2, 0) is 16.1 Å². The molecule has 2 aliphatic heterocycles. The van der Waals surface area contributed by atoms with Gasteiger partial charge in [-0.2, -0.15) is 0 Å². The Morgan fingerprint density at radius 2 is 1.74 bits per heavy atom. The van der Waals surface area contributed by atoms with E-state index in [2.05, 4.69) is 5.32 Å². The number of methoxy groups -OCH3 is 1. The summed E-state index contributed by atoms with van der Waals surface area (Å²) in [6, 6.07) is 18.6. The highest BCUT2D eigenvalue weighted by atomic mass is 19.1. The number of carbonyl (C=O) groups excluding carboxylic acids is 3. The number of rotatable bonds is 7. The molecule has 8 nitrogen and oxygen atoms in total. The van der Waals surface area contributed by atoms with Crippen LogP contribution in [0.25, 0.3) is 0 Å². The van der Waals surface area contributed by atoms with Gasteiger partial charge >= 0.3 is 6.09 Å². The highest BCUT2D eigenvalue weighted by Crippen LogP contribution is 2.36. The molecule has 2 atom stereocenters. The lowest BCUT2D eigenvalue weighted by Gasteiger charge is -2.28. The predicted molar refractivity (Wildman–Crippen MR) is 138 cm³/mol. The Bertz CT molecular complexity index is 1320. The van der Waals surface area contributed by atoms with E-state index in [1.807, 2.05) is 0 Å². The zero-order valence-electron chi connectivity index (χ0n) is 20.9. The highest BCUT2D eigenvalue weighted by Gasteiger charge is 2.48. The summed E-state index contributed by atoms with van der Waals surface area (Å²) in [5, 5.41) is 2.86. The summed E-state index contributed by atoms with van der Waals surface area (Å²) in [7, 11) is 1.55. The molecule has 2 aliphatic rings. The number of carbonyl (C=O) groups is 3. The Balaban J connectivity index is 1.40. The molecule has 3 aromatic rings. The van der Waals surface area contributed by atoms with Crippen molar-refractivity contribution in [1.82, 2.24) is 9.80 Å². The van der Waals surface area contributed by atoms with E-state index in [4.69, 9.17) is 9.47 Å². The van der Waals surface area contributed by atoms with Gasteiger partial charge in [-0.05, 0) is 72.5 Å². The van der Waals surface area contributed by atoms with E-state index in [9.17, 15) is 18.8 Å². The second-order valence-electron chi connectivity index (χ2n) is 9.34. The predicted octanol–water partition coefficient (Wildman–Crippen LogP) is 4.77. The zero-order valence-corrected chi connectivity index (χ0v) is 20.9. The van der Waals surface area contributed by atoms with Gasteiger partial charge in [-0.25, -0.2) is 9.18 Å². The van der Waals surface area contributed by atoms with Crippen molar-refractivity contribution in [2.45, 2.75) is 31.5 Å². The minimum atomic E-state index is -0.891. The fourth-order valence-corrected chi connectivity index (χ4v) is 4.84. The van der Waals surface area contributed by atoms with Gasteiger partial charge < -0.3 is 19.7 Å². The fourth-order valence-electron chi connectivity index (χ4n) is 4.84. The van der Waals surface area contributed by atoms with Crippen LogP contribution >= 0.6 is 0 Å². The van der Waals surface area contributed by atoms with Gasteiger partial charge in [0.1, 0.15) is 11.6 Å². The molecular weight excluding hydrogens is 489 g/mol. The lowest BCUT2D eigenvalue weighted by molar-refractivity contribution is -0.135. The number of hydrogen-bond acceptors (Lipinski definition) is 5. The van der Waals surface area contributed by atoms with Gasteiger partial charge in [0.2, 0.25) is 5.91 Å². The molecule has 0 aromatic heterocycles. The molecule has 2 saturated heterocycles. The molecule has 0 spiro atoms. The second kappa shape index (κ2) is 10.9. The third-order valence-electron chi connectivity index (χ3n) is 6.85. The van der Waals surface area contributed by atoms with E-state index in [1.54, 1.807) is 72.7 Å². The topological polar surface area (TPSA) is 88.2 Å². The van der Waals surface area contributed by atoms with Crippen LogP contribution in [0.1, 0.15) is 40.4 Å².